The summed E-state index contributed by atoms with van der Waals surface area (Å²) in [6, 6.07) is 14.5. The van der Waals surface area contributed by atoms with Gasteiger partial charge in [-0.15, -0.1) is 21.5 Å². The number of hydrogen-bond acceptors (Lipinski definition) is 7. The van der Waals surface area contributed by atoms with Crippen molar-refractivity contribution in [3.8, 4) is 16.3 Å². The van der Waals surface area contributed by atoms with Gasteiger partial charge in [-0.25, -0.2) is 8.42 Å². The van der Waals surface area contributed by atoms with Crippen molar-refractivity contribution in [3.63, 3.8) is 0 Å². The van der Waals surface area contributed by atoms with Crippen molar-refractivity contribution < 1.29 is 13.2 Å². The van der Waals surface area contributed by atoms with Gasteiger partial charge in [-0.1, -0.05) is 6.07 Å². The predicted octanol–water partition coefficient (Wildman–Crippen LogP) is 3.11. The Morgan fingerprint density at radius 3 is 2.34 bits per heavy atom. The van der Waals surface area contributed by atoms with E-state index in [9.17, 15) is 8.42 Å². The minimum Gasteiger partial charge on any atom is -0.494 e. The highest BCUT2D eigenvalue weighted by Gasteiger charge is 2.29. The molecule has 3 heterocycles. The second-order valence-electron chi connectivity index (χ2n) is 6.55. The van der Waals surface area contributed by atoms with Crippen molar-refractivity contribution in [1.29, 1.82) is 0 Å². The maximum atomic E-state index is 12.9. The molecule has 1 aliphatic heterocycles. The molecule has 0 atom stereocenters. The Hall–Kier alpha value is -2.49. The third-order valence-corrected chi connectivity index (χ3v) is 7.56. The number of hydrogen-bond donors (Lipinski definition) is 0. The van der Waals surface area contributed by atoms with Crippen molar-refractivity contribution >= 4 is 27.2 Å². The monoisotopic (exact) mass is 430 g/mol. The van der Waals surface area contributed by atoms with Gasteiger partial charge in [0.15, 0.2) is 5.82 Å². The van der Waals surface area contributed by atoms with Crippen LogP contribution in [0.15, 0.2) is 58.8 Å². The maximum Gasteiger partial charge on any atom is 0.243 e. The lowest BCUT2D eigenvalue weighted by atomic mass is 10.3. The van der Waals surface area contributed by atoms with Gasteiger partial charge in [0.25, 0.3) is 0 Å². The van der Waals surface area contributed by atoms with E-state index in [1.165, 1.54) is 4.31 Å². The first-order valence-electron chi connectivity index (χ1n) is 9.43. The van der Waals surface area contributed by atoms with Crippen LogP contribution in [0.4, 0.5) is 5.82 Å². The molecule has 0 bridgehead atoms. The zero-order chi connectivity index (χ0) is 20.3. The summed E-state index contributed by atoms with van der Waals surface area (Å²) in [5.41, 5.74) is 0.848. The fourth-order valence-corrected chi connectivity index (χ4v) is 5.34. The number of nitrogens with zero attached hydrogens (tertiary/aromatic N) is 4. The number of piperazine rings is 1. The molecule has 4 rings (SSSR count). The fourth-order valence-electron chi connectivity index (χ4n) is 3.23. The molecule has 1 aliphatic rings. The van der Waals surface area contributed by atoms with Crippen LogP contribution in [0.25, 0.3) is 10.6 Å². The second kappa shape index (κ2) is 8.48. The van der Waals surface area contributed by atoms with Gasteiger partial charge >= 0.3 is 0 Å². The summed E-state index contributed by atoms with van der Waals surface area (Å²) < 4.78 is 32.7. The Morgan fingerprint density at radius 2 is 1.76 bits per heavy atom. The molecular weight excluding hydrogens is 408 g/mol. The number of ether oxygens (including phenoxy) is 1. The van der Waals surface area contributed by atoms with E-state index >= 15 is 0 Å². The van der Waals surface area contributed by atoms with Gasteiger partial charge in [0.05, 0.1) is 16.4 Å². The van der Waals surface area contributed by atoms with E-state index in [1.54, 1.807) is 35.6 Å². The van der Waals surface area contributed by atoms with Crippen LogP contribution in [0.2, 0.25) is 0 Å². The number of rotatable bonds is 6. The summed E-state index contributed by atoms with van der Waals surface area (Å²) >= 11 is 1.62. The zero-order valence-electron chi connectivity index (χ0n) is 16.1. The summed E-state index contributed by atoms with van der Waals surface area (Å²) in [5, 5.41) is 10.7. The van der Waals surface area contributed by atoms with Gasteiger partial charge < -0.3 is 9.64 Å². The smallest absolute Gasteiger partial charge is 0.243 e. The molecule has 0 saturated carbocycles. The summed E-state index contributed by atoms with van der Waals surface area (Å²) in [5.74, 6) is 1.43. The average Bonchev–Trinajstić information content (AvgIpc) is 3.30. The molecule has 9 heteroatoms. The first-order chi connectivity index (χ1) is 14.1. The molecule has 2 aromatic heterocycles. The maximum absolute atomic E-state index is 12.9. The van der Waals surface area contributed by atoms with Gasteiger partial charge in [-0.05, 0) is 54.8 Å². The van der Waals surface area contributed by atoms with Gasteiger partial charge in [-0.3, -0.25) is 0 Å². The normalized spacial score (nSPS) is 15.4. The molecule has 0 spiro atoms. The zero-order valence-corrected chi connectivity index (χ0v) is 17.7. The van der Waals surface area contributed by atoms with Crippen molar-refractivity contribution in [2.75, 3.05) is 37.7 Å². The Morgan fingerprint density at radius 1 is 1.00 bits per heavy atom. The van der Waals surface area contributed by atoms with Crippen LogP contribution in [0, 0.1) is 0 Å². The standard InChI is InChI=1S/C20H22N4O3S2/c1-2-27-16-5-7-17(8-6-16)29(25,26)24-13-11-23(12-14-24)20-10-9-18(21-22-20)19-4-3-15-28-19/h3-10,15H,2,11-14H2,1H3. The predicted molar refractivity (Wildman–Crippen MR) is 114 cm³/mol. The first kappa shape index (κ1) is 19.8. The van der Waals surface area contributed by atoms with Crippen molar-refractivity contribution in [2.24, 2.45) is 0 Å². The topological polar surface area (TPSA) is 75.6 Å². The molecule has 0 amide bonds. The van der Waals surface area contributed by atoms with Crippen LogP contribution in [-0.4, -0.2) is 55.7 Å². The van der Waals surface area contributed by atoms with E-state index in [0.717, 1.165) is 16.4 Å². The highest BCUT2D eigenvalue weighted by molar-refractivity contribution is 7.89. The van der Waals surface area contributed by atoms with Crippen molar-refractivity contribution in [1.82, 2.24) is 14.5 Å². The van der Waals surface area contributed by atoms with Gasteiger partial charge in [0.1, 0.15) is 11.4 Å². The van der Waals surface area contributed by atoms with Crippen LogP contribution in [0.1, 0.15) is 6.92 Å². The minimum atomic E-state index is -3.52. The molecule has 152 valence electrons. The molecule has 1 aromatic carbocycles. The molecule has 0 unspecified atom stereocenters. The minimum absolute atomic E-state index is 0.287. The highest BCUT2D eigenvalue weighted by atomic mass is 32.2. The summed E-state index contributed by atoms with van der Waals surface area (Å²) in [7, 11) is -3.52. The lowest BCUT2D eigenvalue weighted by molar-refractivity contribution is 0.340. The SMILES string of the molecule is CCOc1ccc(S(=O)(=O)N2CCN(c3ccc(-c4cccs4)nn3)CC2)cc1. The molecule has 0 aliphatic carbocycles. The Kier molecular flexibility index (Phi) is 5.79. The van der Waals surface area contributed by atoms with E-state index in [1.807, 2.05) is 36.6 Å². The first-order valence-corrected chi connectivity index (χ1v) is 11.8. The number of anilines is 1. The lowest BCUT2D eigenvalue weighted by Gasteiger charge is -2.34. The summed E-state index contributed by atoms with van der Waals surface area (Å²) in [6.45, 7) is 4.40. The van der Waals surface area contributed by atoms with E-state index in [2.05, 4.69) is 15.1 Å². The Bertz CT molecular complexity index is 1030. The van der Waals surface area contributed by atoms with E-state index < -0.39 is 10.0 Å². The van der Waals surface area contributed by atoms with Crippen molar-refractivity contribution in [3.05, 3.63) is 53.9 Å². The molecule has 1 saturated heterocycles. The van der Waals surface area contributed by atoms with E-state index in [-0.39, 0.29) is 4.90 Å². The third-order valence-electron chi connectivity index (χ3n) is 4.76. The van der Waals surface area contributed by atoms with Crippen LogP contribution >= 0.6 is 11.3 Å². The second-order valence-corrected chi connectivity index (χ2v) is 9.44. The van der Waals surface area contributed by atoms with Crippen LogP contribution < -0.4 is 9.64 Å². The van der Waals surface area contributed by atoms with Gasteiger partial charge in [0, 0.05) is 26.2 Å². The molecule has 0 radical (unpaired) electrons. The van der Waals surface area contributed by atoms with E-state index in [4.69, 9.17) is 4.74 Å². The average molecular weight is 431 g/mol. The van der Waals surface area contributed by atoms with Crippen LogP contribution in [0.3, 0.4) is 0 Å². The largest absolute Gasteiger partial charge is 0.494 e. The molecule has 7 nitrogen and oxygen atoms in total. The molecule has 0 N–H and O–H groups in total. The van der Waals surface area contributed by atoms with Crippen molar-refractivity contribution in [2.45, 2.75) is 11.8 Å². The third kappa shape index (κ3) is 4.26. The highest BCUT2D eigenvalue weighted by Crippen LogP contribution is 2.25. The number of aromatic nitrogens is 2. The van der Waals surface area contributed by atoms with Crippen LogP contribution in [0.5, 0.6) is 5.75 Å². The molecule has 1 fully saturated rings. The molecule has 29 heavy (non-hydrogen) atoms. The fraction of sp³-hybridized carbons (Fsp3) is 0.300. The summed E-state index contributed by atoms with van der Waals surface area (Å²) in [6.07, 6.45) is 0. The van der Waals surface area contributed by atoms with Gasteiger partial charge in [0.2, 0.25) is 10.0 Å². The number of thiophene rings is 1. The lowest BCUT2D eigenvalue weighted by Crippen LogP contribution is -2.48. The molecule has 3 aromatic rings. The Balaban J connectivity index is 1.40. The van der Waals surface area contributed by atoms with E-state index in [0.29, 0.717) is 38.5 Å². The van der Waals surface area contributed by atoms with Gasteiger partial charge in [-0.2, -0.15) is 4.31 Å². The number of benzene rings is 1. The Labute approximate surface area is 174 Å². The molecular formula is C20H22N4O3S2. The van der Waals surface area contributed by atoms with Crippen LogP contribution in [-0.2, 0) is 10.0 Å². The quantitative estimate of drug-likeness (QED) is 0.598. The number of sulfonamides is 1. The summed E-state index contributed by atoms with van der Waals surface area (Å²) in [4.78, 5) is 3.43.